The Balaban J connectivity index is 1.26. The predicted octanol–water partition coefficient (Wildman–Crippen LogP) is 14.5. The standard InChI is InChI=1S/C43H26F16N2/c44-36-2-1-3-37(45)31(36)20-60-27-12-6-23(7-13-27)30-19-34(42(54,55)56)25(17-35(30)43(57,58)59)16-24-8-15-38(46)32(39(24)47)21-61-28-10-4-22(5-11-28)29-18-26(40(48,49)50)9-14-33(29)41(51,52)53/h1-15,17-19,60-61H,16,20-21H2. The molecule has 0 radical (unpaired) electrons. The third-order valence-electron chi connectivity index (χ3n) is 9.55. The number of nitrogens with one attached hydrogen (secondary N) is 2. The molecule has 0 aliphatic rings. The molecule has 0 atom stereocenters. The Hall–Kier alpha value is -6.20. The van der Waals surface area contributed by atoms with E-state index in [-0.39, 0.29) is 58.9 Å². The molecule has 61 heavy (non-hydrogen) atoms. The van der Waals surface area contributed by atoms with Gasteiger partial charge in [-0.05, 0) is 106 Å². The summed E-state index contributed by atoms with van der Waals surface area (Å²) < 4.78 is 226. The monoisotopic (exact) mass is 874 g/mol. The molecule has 0 aromatic heterocycles. The van der Waals surface area contributed by atoms with Crippen LogP contribution in [0.25, 0.3) is 22.3 Å². The summed E-state index contributed by atoms with van der Waals surface area (Å²) >= 11 is 0. The molecule has 0 aliphatic carbocycles. The Bertz CT molecular complexity index is 2510. The Morgan fingerprint density at radius 3 is 1.36 bits per heavy atom. The highest BCUT2D eigenvalue weighted by Gasteiger charge is 2.40. The van der Waals surface area contributed by atoms with E-state index >= 15 is 4.39 Å². The highest BCUT2D eigenvalue weighted by Crippen LogP contribution is 2.44. The minimum absolute atomic E-state index is 0.000978. The van der Waals surface area contributed by atoms with Crippen LogP contribution < -0.4 is 10.6 Å². The molecule has 0 fully saturated rings. The summed E-state index contributed by atoms with van der Waals surface area (Å²) in [6, 6.07) is 14.6. The molecule has 0 spiro atoms. The lowest BCUT2D eigenvalue weighted by molar-refractivity contribution is -0.141. The van der Waals surface area contributed by atoms with Gasteiger partial charge in [-0.3, -0.25) is 0 Å². The average Bonchev–Trinajstić information content (AvgIpc) is 3.17. The van der Waals surface area contributed by atoms with Crippen LogP contribution in [0.4, 0.5) is 81.6 Å². The number of rotatable bonds is 10. The van der Waals surface area contributed by atoms with Crippen molar-refractivity contribution in [2.24, 2.45) is 0 Å². The van der Waals surface area contributed by atoms with E-state index in [1.165, 1.54) is 12.1 Å². The Morgan fingerprint density at radius 2 is 0.869 bits per heavy atom. The molecule has 2 N–H and O–H groups in total. The third kappa shape index (κ3) is 10.1. The molecule has 0 saturated carbocycles. The lowest BCUT2D eigenvalue weighted by Gasteiger charge is -2.21. The molecule has 0 aliphatic heterocycles. The zero-order valence-corrected chi connectivity index (χ0v) is 30.6. The number of hydrogen-bond donors (Lipinski definition) is 2. The minimum atomic E-state index is -5.28. The lowest BCUT2D eigenvalue weighted by atomic mass is 9.90. The highest BCUT2D eigenvalue weighted by molar-refractivity contribution is 5.73. The SMILES string of the molecule is Fc1cccc(F)c1CNc1ccc(-c2cc(C(F)(F)F)c(Cc3ccc(F)c(CNc4ccc(-c5cc(C(F)(F)F)ccc5C(F)(F)F)cc4)c3F)cc2C(F)(F)F)cc1. The van der Waals surface area contributed by atoms with Crippen molar-refractivity contribution >= 4 is 11.4 Å². The van der Waals surface area contributed by atoms with Gasteiger partial charge in [0.2, 0.25) is 0 Å². The van der Waals surface area contributed by atoms with Gasteiger partial charge in [-0.1, -0.05) is 36.4 Å². The van der Waals surface area contributed by atoms with Crippen molar-refractivity contribution in [3.8, 4) is 22.3 Å². The number of benzene rings is 6. The summed E-state index contributed by atoms with van der Waals surface area (Å²) in [4.78, 5) is 0. The normalized spacial score (nSPS) is 12.5. The molecule has 320 valence electrons. The van der Waals surface area contributed by atoms with E-state index in [1.807, 2.05) is 0 Å². The summed E-state index contributed by atoms with van der Waals surface area (Å²) in [5.41, 5.74) is -10.7. The first kappa shape index (κ1) is 44.4. The molecule has 6 aromatic carbocycles. The summed E-state index contributed by atoms with van der Waals surface area (Å²) in [6.45, 7) is -1.11. The topological polar surface area (TPSA) is 24.1 Å². The van der Waals surface area contributed by atoms with Gasteiger partial charge >= 0.3 is 24.7 Å². The quantitative estimate of drug-likeness (QED) is 0.134. The Kier molecular flexibility index (Phi) is 12.1. The van der Waals surface area contributed by atoms with Crippen LogP contribution in [0, 0.1) is 23.3 Å². The number of alkyl halides is 12. The average molecular weight is 875 g/mol. The van der Waals surface area contributed by atoms with Gasteiger partial charge in [0.25, 0.3) is 0 Å². The van der Waals surface area contributed by atoms with Gasteiger partial charge in [0.1, 0.15) is 23.3 Å². The van der Waals surface area contributed by atoms with E-state index in [9.17, 15) is 65.9 Å². The van der Waals surface area contributed by atoms with E-state index in [2.05, 4.69) is 10.6 Å². The van der Waals surface area contributed by atoms with Gasteiger partial charge in [-0.2, -0.15) is 52.7 Å². The van der Waals surface area contributed by atoms with E-state index in [0.717, 1.165) is 60.7 Å². The van der Waals surface area contributed by atoms with Gasteiger partial charge in [0.05, 0.1) is 22.3 Å². The smallest absolute Gasteiger partial charge is 0.381 e. The maximum Gasteiger partial charge on any atom is 0.417 e. The first-order valence-electron chi connectivity index (χ1n) is 17.6. The zero-order chi connectivity index (χ0) is 44.7. The predicted molar refractivity (Wildman–Crippen MR) is 194 cm³/mol. The number of halogens is 16. The van der Waals surface area contributed by atoms with Crippen LogP contribution in [0.3, 0.4) is 0 Å². The molecule has 0 unspecified atom stereocenters. The third-order valence-corrected chi connectivity index (χ3v) is 9.55. The fourth-order valence-electron chi connectivity index (χ4n) is 6.50. The second-order valence-corrected chi connectivity index (χ2v) is 13.5. The summed E-state index contributed by atoms with van der Waals surface area (Å²) in [7, 11) is 0. The van der Waals surface area contributed by atoms with Gasteiger partial charge in [-0.25, -0.2) is 17.6 Å². The Labute approximate surface area is 335 Å². The number of anilines is 2. The lowest BCUT2D eigenvalue weighted by Crippen LogP contribution is -2.15. The van der Waals surface area contributed by atoms with Crippen LogP contribution in [0.2, 0.25) is 0 Å². The van der Waals surface area contributed by atoms with Gasteiger partial charge in [0.15, 0.2) is 0 Å². The molecular formula is C43H26F16N2. The molecule has 18 heteroatoms. The molecule has 0 saturated heterocycles. The van der Waals surface area contributed by atoms with Gasteiger partial charge in [-0.15, -0.1) is 0 Å². The molecule has 6 aromatic rings. The molecule has 0 amide bonds. The summed E-state index contributed by atoms with van der Waals surface area (Å²) in [5.74, 6) is -4.38. The maximum atomic E-state index is 15.8. The first-order chi connectivity index (χ1) is 28.4. The van der Waals surface area contributed by atoms with Crippen molar-refractivity contribution in [1.29, 1.82) is 0 Å². The van der Waals surface area contributed by atoms with Crippen molar-refractivity contribution in [2.45, 2.75) is 44.2 Å². The van der Waals surface area contributed by atoms with E-state index in [4.69, 9.17) is 0 Å². The largest absolute Gasteiger partial charge is 0.417 e. The van der Waals surface area contributed by atoms with Crippen molar-refractivity contribution in [3.63, 3.8) is 0 Å². The van der Waals surface area contributed by atoms with Crippen molar-refractivity contribution in [2.75, 3.05) is 10.6 Å². The summed E-state index contributed by atoms with van der Waals surface area (Å²) in [6.07, 6.45) is -21.6. The fourth-order valence-corrected chi connectivity index (χ4v) is 6.50. The second kappa shape index (κ2) is 16.7. The molecule has 0 bridgehead atoms. The number of hydrogen-bond acceptors (Lipinski definition) is 2. The molecule has 0 heterocycles. The maximum absolute atomic E-state index is 15.8. The van der Waals surface area contributed by atoms with Crippen molar-refractivity contribution in [1.82, 2.24) is 0 Å². The van der Waals surface area contributed by atoms with Crippen LogP contribution in [-0.2, 0) is 44.2 Å². The van der Waals surface area contributed by atoms with Gasteiger partial charge < -0.3 is 10.6 Å². The molecule has 6 rings (SSSR count). The van der Waals surface area contributed by atoms with Gasteiger partial charge in [0, 0.05) is 42.0 Å². The summed E-state index contributed by atoms with van der Waals surface area (Å²) in [5, 5.41) is 5.24. The van der Waals surface area contributed by atoms with Crippen LogP contribution in [0.1, 0.15) is 44.5 Å². The van der Waals surface area contributed by atoms with Crippen molar-refractivity contribution in [3.05, 3.63) is 177 Å². The van der Waals surface area contributed by atoms with E-state index in [1.54, 1.807) is 0 Å². The first-order valence-corrected chi connectivity index (χ1v) is 17.6. The molecule has 2 nitrogen and oxygen atoms in total. The minimum Gasteiger partial charge on any atom is -0.381 e. The van der Waals surface area contributed by atoms with Crippen LogP contribution >= 0.6 is 0 Å². The Morgan fingerprint density at radius 1 is 0.393 bits per heavy atom. The zero-order valence-electron chi connectivity index (χ0n) is 30.6. The van der Waals surface area contributed by atoms with E-state index < -0.39 is 111 Å². The van der Waals surface area contributed by atoms with Crippen molar-refractivity contribution < 1.29 is 70.2 Å². The van der Waals surface area contributed by atoms with Crippen LogP contribution in [0.5, 0.6) is 0 Å². The molecular weight excluding hydrogens is 848 g/mol. The fraction of sp³-hybridized carbons (Fsp3) is 0.163. The van der Waals surface area contributed by atoms with E-state index in [0.29, 0.717) is 12.1 Å². The van der Waals surface area contributed by atoms with Crippen LogP contribution in [0.15, 0.2) is 109 Å². The second-order valence-electron chi connectivity index (χ2n) is 13.5. The highest BCUT2D eigenvalue weighted by atomic mass is 19.4. The van der Waals surface area contributed by atoms with Crippen LogP contribution in [-0.4, -0.2) is 0 Å².